The number of rotatable bonds is 8. The summed E-state index contributed by atoms with van der Waals surface area (Å²) in [6, 6.07) is 0. The zero-order chi connectivity index (χ0) is 14.2. The second-order valence-corrected chi connectivity index (χ2v) is 4.66. The van der Waals surface area contributed by atoms with Gasteiger partial charge in [0.1, 0.15) is 0 Å². The summed E-state index contributed by atoms with van der Waals surface area (Å²) in [5.74, 6) is -1.62. The summed E-state index contributed by atoms with van der Waals surface area (Å²) in [5, 5.41) is 0. The van der Waals surface area contributed by atoms with Crippen LogP contribution < -0.4 is 0 Å². The van der Waals surface area contributed by atoms with E-state index in [0.717, 1.165) is 12.2 Å². The summed E-state index contributed by atoms with van der Waals surface area (Å²) >= 11 is 0. The van der Waals surface area contributed by atoms with Gasteiger partial charge in [0.25, 0.3) is 0 Å². The van der Waals surface area contributed by atoms with E-state index in [0.29, 0.717) is 0 Å². The van der Waals surface area contributed by atoms with Crippen molar-refractivity contribution in [2.24, 2.45) is 0 Å². The van der Waals surface area contributed by atoms with Crippen LogP contribution in [0.2, 0.25) is 0 Å². The molecular weight excluding hydrogens is 264 g/mol. The van der Waals surface area contributed by atoms with E-state index in [9.17, 15) is 18.0 Å². The van der Waals surface area contributed by atoms with E-state index in [1.807, 2.05) is 0 Å². The van der Waals surface area contributed by atoms with Crippen LogP contribution in [0.15, 0.2) is 25.3 Å². The molecule has 1 N–H and O–H groups in total. The zero-order valence-electron chi connectivity index (χ0n) is 9.57. The highest BCUT2D eigenvalue weighted by Crippen LogP contribution is 2.10. The Morgan fingerprint density at radius 2 is 1.78 bits per heavy atom. The summed E-state index contributed by atoms with van der Waals surface area (Å²) in [6.45, 7) is 6.19. The third-order valence-electron chi connectivity index (χ3n) is 1.74. The van der Waals surface area contributed by atoms with E-state index in [1.54, 1.807) is 0 Å². The molecule has 1 atom stereocenters. The third-order valence-corrected chi connectivity index (χ3v) is 2.74. The predicted octanol–water partition coefficient (Wildman–Crippen LogP) is 0.439. The van der Waals surface area contributed by atoms with Crippen LogP contribution in [0.3, 0.4) is 0 Å². The molecule has 0 rings (SSSR count). The third kappa shape index (κ3) is 6.81. The molecule has 102 valence electrons. The Kier molecular flexibility index (Phi) is 6.91. The van der Waals surface area contributed by atoms with Gasteiger partial charge in [0.15, 0.2) is 0 Å². The van der Waals surface area contributed by atoms with Crippen molar-refractivity contribution in [1.29, 1.82) is 0 Å². The molecule has 0 spiro atoms. The molecule has 0 aliphatic rings. The van der Waals surface area contributed by atoms with Crippen LogP contribution in [-0.2, 0) is 29.2 Å². The predicted molar refractivity (Wildman–Crippen MR) is 62.0 cm³/mol. The van der Waals surface area contributed by atoms with Gasteiger partial charge >= 0.3 is 22.1 Å². The smallest absolute Gasteiger partial charge is 0.331 e. The van der Waals surface area contributed by atoms with Crippen molar-refractivity contribution in [3.8, 4) is 0 Å². The summed E-state index contributed by atoms with van der Waals surface area (Å²) in [4.78, 5) is 21.5. The molecule has 1 unspecified atom stereocenters. The molecule has 0 heterocycles. The number of esters is 2. The number of carbonyl (C=O) groups excluding carboxylic acids is 2. The van der Waals surface area contributed by atoms with Gasteiger partial charge in [-0.2, -0.15) is 8.42 Å². The maximum atomic E-state index is 10.9. The maximum Gasteiger partial charge on any atom is 0.331 e. The van der Waals surface area contributed by atoms with E-state index in [2.05, 4.69) is 22.6 Å². The minimum absolute atomic E-state index is 0.0808. The van der Waals surface area contributed by atoms with Crippen LogP contribution in [0.5, 0.6) is 0 Å². The molecule has 0 saturated heterocycles. The minimum atomic E-state index is -4.53. The molecular formula is C10H14O7S. The van der Waals surface area contributed by atoms with Gasteiger partial charge < -0.3 is 9.47 Å². The van der Waals surface area contributed by atoms with Crippen LogP contribution in [0, 0.1) is 0 Å². The Bertz CT molecular complexity index is 424. The molecule has 18 heavy (non-hydrogen) atoms. The molecule has 0 saturated carbocycles. The highest BCUT2D eigenvalue weighted by molar-refractivity contribution is 7.86. The monoisotopic (exact) mass is 278 g/mol. The maximum absolute atomic E-state index is 10.9. The number of ether oxygens (including phenoxy) is 2. The fourth-order valence-electron chi connectivity index (χ4n) is 0.928. The Labute approximate surface area is 105 Å². The molecule has 0 bridgehead atoms. The fraction of sp³-hybridized carbons (Fsp3) is 0.400. The Balaban J connectivity index is 4.27. The summed E-state index contributed by atoms with van der Waals surface area (Å²) < 4.78 is 39.6. The number of carbonyl (C=O) groups is 2. The van der Waals surface area contributed by atoms with Gasteiger partial charge in [-0.05, 0) is 6.42 Å². The topological polar surface area (TPSA) is 107 Å². The molecule has 7 nitrogen and oxygen atoms in total. The first-order valence-electron chi connectivity index (χ1n) is 4.89. The average molecular weight is 278 g/mol. The summed E-state index contributed by atoms with van der Waals surface area (Å²) in [6.07, 6.45) is 1.62. The highest BCUT2D eigenvalue weighted by Gasteiger charge is 2.26. The largest absolute Gasteiger partial charge is 0.463 e. The van der Waals surface area contributed by atoms with Crippen molar-refractivity contribution < 1.29 is 32.0 Å². The van der Waals surface area contributed by atoms with Gasteiger partial charge in [-0.15, -0.1) is 0 Å². The highest BCUT2D eigenvalue weighted by atomic mass is 32.2. The fourth-order valence-corrected chi connectivity index (χ4v) is 1.61. The van der Waals surface area contributed by atoms with Gasteiger partial charge in [0.2, 0.25) is 5.44 Å². The lowest BCUT2D eigenvalue weighted by atomic mass is 10.3. The first-order valence-corrected chi connectivity index (χ1v) is 6.40. The summed E-state index contributed by atoms with van der Waals surface area (Å²) in [5.41, 5.74) is -1.70. The van der Waals surface area contributed by atoms with Crippen LogP contribution in [0.25, 0.3) is 0 Å². The second-order valence-electron chi connectivity index (χ2n) is 3.10. The number of hydrogen-bond acceptors (Lipinski definition) is 6. The van der Waals surface area contributed by atoms with Crippen molar-refractivity contribution in [2.45, 2.75) is 18.3 Å². The van der Waals surface area contributed by atoms with Crippen LogP contribution in [0.1, 0.15) is 12.8 Å². The normalized spacial score (nSPS) is 12.3. The minimum Gasteiger partial charge on any atom is -0.463 e. The first-order chi connectivity index (χ1) is 8.31. The average Bonchev–Trinajstić information content (AvgIpc) is 2.30. The van der Waals surface area contributed by atoms with E-state index in [-0.39, 0.29) is 19.4 Å². The van der Waals surface area contributed by atoms with E-state index >= 15 is 0 Å². The molecule has 0 fully saturated rings. The van der Waals surface area contributed by atoms with Crippen LogP contribution in [0.4, 0.5) is 0 Å². The molecule has 0 aromatic heterocycles. The Morgan fingerprint density at radius 1 is 1.22 bits per heavy atom. The zero-order valence-corrected chi connectivity index (χ0v) is 10.4. The van der Waals surface area contributed by atoms with Crippen LogP contribution >= 0.6 is 0 Å². The van der Waals surface area contributed by atoms with Gasteiger partial charge in [0.05, 0.1) is 6.61 Å². The molecule has 0 amide bonds. The van der Waals surface area contributed by atoms with Gasteiger partial charge in [-0.3, -0.25) is 4.55 Å². The van der Waals surface area contributed by atoms with Crippen LogP contribution in [-0.4, -0.2) is 37.0 Å². The van der Waals surface area contributed by atoms with Gasteiger partial charge in [0, 0.05) is 18.6 Å². The molecule has 8 heteroatoms. The van der Waals surface area contributed by atoms with Crippen molar-refractivity contribution in [3.63, 3.8) is 0 Å². The summed E-state index contributed by atoms with van der Waals surface area (Å²) in [7, 11) is -4.53. The molecule has 0 aromatic carbocycles. The van der Waals surface area contributed by atoms with Gasteiger partial charge in [-0.1, -0.05) is 13.2 Å². The van der Waals surface area contributed by atoms with Crippen molar-refractivity contribution in [3.05, 3.63) is 25.3 Å². The van der Waals surface area contributed by atoms with Crippen molar-refractivity contribution in [1.82, 2.24) is 0 Å². The quantitative estimate of drug-likeness (QED) is 0.297. The standard InChI is InChI=1S/C10H14O7S/c1-3-8(11)16-7-5-6-10(18(13,14)15)17-9(12)4-2/h3-4,10H,1-2,5-7H2,(H,13,14,15). The lowest BCUT2D eigenvalue weighted by molar-refractivity contribution is -0.141. The first kappa shape index (κ1) is 16.3. The molecule has 0 aliphatic heterocycles. The lowest BCUT2D eigenvalue weighted by Crippen LogP contribution is -2.26. The lowest BCUT2D eigenvalue weighted by Gasteiger charge is -2.13. The van der Waals surface area contributed by atoms with E-state index in [4.69, 9.17) is 4.55 Å². The molecule has 0 radical (unpaired) electrons. The van der Waals surface area contributed by atoms with Crippen molar-refractivity contribution in [2.75, 3.05) is 6.61 Å². The SMILES string of the molecule is C=CC(=O)OCCCC(OC(=O)C=C)S(=O)(=O)O. The van der Waals surface area contributed by atoms with E-state index < -0.39 is 27.5 Å². The molecule has 0 aromatic rings. The number of hydrogen-bond donors (Lipinski definition) is 1. The molecule has 0 aliphatic carbocycles. The van der Waals surface area contributed by atoms with Gasteiger partial charge in [-0.25, -0.2) is 9.59 Å². The van der Waals surface area contributed by atoms with E-state index in [1.165, 1.54) is 0 Å². The Hall–Kier alpha value is -1.67. The Morgan fingerprint density at radius 3 is 2.22 bits per heavy atom. The second kappa shape index (κ2) is 7.62. The van der Waals surface area contributed by atoms with Crippen molar-refractivity contribution >= 4 is 22.1 Å².